The highest BCUT2D eigenvalue weighted by atomic mass is 35.5. The molecule has 3 atom stereocenters. The van der Waals surface area contributed by atoms with E-state index in [0.29, 0.717) is 16.5 Å². The number of halogens is 1. The van der Waals surface area contributed by atoms with Gasteiger partial charge in [-0.25, -0.2) is 0 Å². The molecule has 1 aliphatic carbocycles. The molecule has 1 saturated carbocycles. The van der Waals surface area contributed by atoms with Crippen molar-refractivity contribution in [2.75, 3.05) is 13.7 Å². The Kier molecular flexibility index (Phi) is 6.20. The van der Waals surface area contributed by atoms with Crippen LogP contribution in [-0.2, 0) is 19.1 Å². The summed E-state index contributed by atoms with van der Waals surface area (Å²) >= 11 is 6.15. The topological polar surface area (TPSA) is 84.5 Å². The molecular weight excluding hydrogens is 332 g/mol. The maximum absolute atomic E-state index is 12.1. The fourth-order valence-electron chi connectivity index (χ4n) is 2.48. The van der Waals surface area contributed by atoms with Crippen LogP contribution in [0.15, 0.2) is 24.3 Å². The third kappa shape index (κ3) is 4.96. The van der Waals surface area contributed by atoms with Crippen LogP contribution >= 0.6 is 11.6 Å². The molecule has 6 nitrogen and oxygen atoms in total. The van der Waals surface area contributed by atoms with Gasteiger partial charge >= 0.3 is 5.97 Å². The van der Waals surface area contributed by atoms with Crippen LogP contribution in [0, 0.1) is 11.8 Å². The molecule has 1 aromatic rings. The second kappa shape index (κ2) is 8.15. The van der Waals surface area contributed by atoms with Gasteiger partial charge in [0.1, 0.15) is 0 Å². The quantitative estimate of drug-likeness (QED) is 0.733. The maximum Gasteiger partial charge on any atom is 0.307 e. The number of ether oxygens (including phenoxy) is 1. The molecule has 0 bridgehead atoms. The summed E-state index contributed by atoms with van der Waals surface area (Å²) < 4.78 is 4.67. The molecule has 1 aromatic carbocycles. The smallest absolute Gasteiger partial charge is 0.307 e. The number of carbonyl (C=O) groups is 3. The van der Waals surface area contributed by atoms with E-state index in [4.69, 9.17) is 11.6 Å². The minimum atomic E-state index is -0.615. The molecule has 3 unspecified atom stereocenters. The summed E-state index contributed by atoms with van der Waals surface area (Å²) in [6.07, 6.45) is 0.817. The lowest BCUT2D eigenvalue weighted by atomic mass is 10.0. The van der Waals surface area contributed by atoms with Gasteiger partial charge < -0.3 is 15.4 Å². The van der Waals surface area contributed by atoms with Crippen molar-refractivity contribution in [3.63, 3.8) is 0 Å². The van der Waals surface area contributed by atoms with Crippen LogP contribution in [0.5, 0.6) is 0 Å². The number of hydrogen-bond donors (Lipinski definition) is 2. The Labute approximate surface area is 145 Å². The van der Waals surface area contributed by atoms with E-state index in [9.17, 15) is 14.4 Å². The van der Waals surface area contributed by atoms with Crippen LogP contribution < -0.4 is 10.6 Å². The molecule has 0 aliphatic heterocycles. The first-order valence-electron chi connectivity index (χ1n) is 7.80. The summed E-state index contributed by atoms with van der Waals surface area (Å²) in [5.74, 6) is -0.572. The Balaban J connectivity index is 1.96. The summed E-state index contributed by atoms with van der Waals surface area (Å²) in [6.45, 7) is 1.86. The molecule has 130 valence electrons. The van der Waals surface area contributed by atoms with Gasteiger partial charge in [-0.2, -0.15) is 0 Å². The Hall–Kier alpha value is -2.08. The fraction of sp³-hybridized carbons (Fsp3) is 0.471. The first kappa shape index (κ1) is 18.3. The van der Waals surface area contributed by atoms with Crippen molar-refractivity contribution in [2.45, 2.75) is 25.8 Å². The van der Waals surface area contributed by atoms with Crippen molar-refractivity contribution >= 4 is 29.4 Å². The molecule has 0 spiro atoms. The van der Waals surface area contributed by atoms with E-state index in [1.54, 1.807) is 24.3 Å². The molecule has 2 rings (SSSR count). The van der Waals surface area contributed by atoms with E-state index in [-0.39, 0.29) is 30.7 Å². The highest BCUT2D eigenvalue weighted by Crippen LogP contribution is 2.37. The van der Waals surface area contributed by atoms with E-state index in [1.807, 2.05) is 6.92 Å². The first-order chi connectivity index (χ1) is 11.4. The van der Waals surface area contributed by atoms with Gasteiger partial charge in [0.2, 0.25) is 11.8 Å². The van der Waals surface area contributed by atoms with E-state index in [0.717, 1.165) is 6.42 Å². The van der Waals surface area contributed by atoms with Gasteiger partial charge in [0, 0.05) is 10.9 Å². The summed E-state index contributed by atoms with van der Waals surface area (Å²) in [5, 5.41) is 5.79. The predicted octanol–water partition coefficient (Wildman–Crippen LogP) is 1.83. The second-order valence-corrected chi connectivity index (χ2v) is 6.37. The Bertz CT molecular complexity index is 635. The average Bonchev–Trinajstić information content (AvgIpc) is 3.29. The SMILES string of the molecule is COC(=O)CC(NC(=O)CNC(=O)C1CC1C)c1ccccc1Cl. The molecule has 2 N–H and O–H groups in total. The summed E-state index contributed by atoms with van der Waals surface area (Å²) in [5.41, 5.74) is 0.625. The van der Waals surface area contributed by atoms with Crippen LogP contribution in [-0.4, -0.2) is 31.4 Å². The minimum absolute atomic E-state index is 0.00670. The van der Waals surface area contributed by atoms with Crippen LogP contribution in [0.2, 0.25) is 5.02 Å². The molecule has 1 aliphatic rings. The maximum atomic E-state index is 12.1. The molecular formula is C17H21ClN2O4. The zero-order valence-electron chi connectivity index (χ0n) is 13.7. The predicted molar refractivity (Wildman–Crippen MR) is 89.2 cm³/mol. The van der Waals surface area contributed by atoms with Gasteiger partial charge in [0.25, 0.3) is 0 Å². The molecule has 0 saturated heterocycles. The van der Waals surface area contributed by atoms with Gasteiger partial charge in [-0.15, -0.1) is 0 Å². The number of amides is 2. The van der Waals surface area contributed by atoms with Crippen molar-refractivity contribution < 1.29 is 19.1 Å². The lowest BCUT2D eigenvalue weighted by Gasteiger charge is -2.19. The number of carbonyl (C=O) groups excluding carboxylic acids is 3. The van der Waals surface area contributed by atoms with Crippen LogP contribution in [0.3, 0.4) is 0 Å². The summed E-state index contributed by atoms with van der Waals surface area (Å²) in [4.78, 5) is 35.5. The van der Waals surface area contributed by atoms with Gasteiger partial charge in [-0.05, 0) is 24.0 Å². The van der Waals surface area contributed by atoms with Gasteiger partial charge in [-0.1, -0.05) is 36.7 Å². The zero-order valence-corrected chi connectivity index (χ0v) is 14.4. The molecule has 24 heavy (non-hydrogen) atoms. The number of rotatable bonds is 7. The van der Waals surface area contributed by atoms with Crippen LogP contribution in [0.4, 0.5) is 0 Å². The van der Waals surface area contributed by atoms with Crippen LogP contribution in [0.1, 0.15) is 31.4 Å². The van der Waals surface area contributed by atoms with Crippen molar-refractivity contribution in [1.82, 2.24) is 10.6 Å². The van der Waals surface area contributed by atoms with E-state index >= 15 is 0 Å². The molecule has 2 amide bonds. The lowest BCUT2D eigenvalue weighted by Crippen LogP contribution is -2.40. The van der Waals surface area contributed by atoms with Gasteiger partial charge in [0.05, 0.1) is 26.1 Å². The fourth-order valence-corrected chi connectivity index (χ4v) is 2.75. The number of esters is 1. The van der Waals surface area contributed by atoms with Crippen molar-refractivity contribution in [3.05, 3.63) is 34.9 Å². The number of methoxy groups -OCH3 is 1. The molecule has 7 heteroatoms. The largest absolute Gasteiger partial charge is 0.469 e. The second-order valence-electron chi connectivity index (χ2n) is 5.96. The lowest BCUT2D eigenvalue weighted by molar-refractivity contribution is -0.141. The monoisotopic (exact) mass is 352 g/mol. The molecule has 0 heterocycles. The Morgan fingerprint density at radius 2 is 2.00 bits per heavy atom. The van der Waals surface area contributed by atoms with Crippen molar-refractivity contribution in [3.8, 4) is 0 Å². The standard InChI is InChI=1S/C17H21ClN2O4/c1-10-7-12(10)17(23)19-9-15(21)20-14(8-16(22)24-2)11-5-3-4-6-13(11)18/h3-6,10,12,14H,7-9H2,1-2H3,(H,19,23)(H,20,21). The summed E-state index contributed by atoms with van der Waals surface area (Å²) in [7, 11) is 1.28. The number of hydrogen-bond acceptors (Lipinski definition) is 4. The highest BCUT2D eigenvalue weighted by Gasteiger charge is 2.39. The third-order valence-electron chi connectivity index (χ3n) is 4.08. The Morgan fingerprint density at radius 3 is 2.58 bits per heavy atom. The van der Waals surface area contributed by atoms with E-state index in [2.05, 4.69) is 15.4 Å². The van der Waals surface area contributed by atoms with E-state index < -0.39 is 12.0 Å². The Morgan fingerprint density at radius 1 is 1.33 bits per heavy atom. The first-order valence-corrected chi connectivity index (χ1v) is 8.18. The molecule has 1 fully saturated rings. The van der Waals surface area contributed by atoms with E-state index in [1.165, 1.54) is 7.11 Å². The van der Waals surface area contributed by atoms with Gasteiger partial charge in [0.15, 0.2) is 0 Å². The van der Waals surface area contributed by atoms with Gasteiger partial charge in [-0.3, -0.25) is 14.4 Å². The number of benzene rings is 1. The highest BCUT2D eigenvalue weighted by molar-refractivity contribution is 6.31. The average molecular weight is 353 g/mol. The minimum Gasteiger partial charge on any atom is -0.469 e. The van der Waals surface area contributed by atoms with Crippen molar-refractivity contribution in [2.24, 2.45) is 11.8 Å². The zero-order chi connectivity index (χ0) is 17.7. The number of nitrogens with one attached hydrogen (secondary N) is 2. The third-order valence-corrected chi connectivity index (χ3v) is 4.43. The van der Waals surface area contributed by atoms with Crippen molar-refractivity contribution in [1.29, 1.82) is 0 Å². The molecule has 0 radical (unpaired) electrons. The molecule has 0 aromatic heterocycles. The normalized spacial score (nSPS) is 20.0. The van der Waals surface area contributed by atoms with Crippen LogP contribution in [0.25, 0.3) is 0 Å². The summed E-state index contributed by atoms with van der Waals surface area (Å²) in [6, 6.07) is 6.34.